The average Bonchev–Trinajstić information content (AvgIpc) is 3.32. The maximum atomic E-state index is 13.5. The Bertz CT molecular complexity index is 2650. The van der Waals surface area contributed by atoms with Crippen LogP contribution in [0.2, 0.25) is 0 Å². The number of ether oxygens (including phenoxy) is 2. The number of pyridine rings is 2. The predicted molar refractivity (Wildman–Crippen MR) is 283 cm³/mol. The minimum absolute atomic E-state index is 0.0418. The number of fused-ring (bicyclic) bond motifs is 4. The number of aromatic nitrogens is 2. The van der Waals surface area contributed by atoms with E-state index in [0.717, 1.165) is 66.5 Å². The number of aryl methyl sites for hydroxylation is 2. The van der Waals surface area contributed by atoms with E-state index in [2.05, 4.69) is 81.1 Å². The average molecular weight is 1060 g/mol. The number of halogens is 1. The number of nitrogens with zero attached hydrogens (tertiary/aromatic N) is 8. The summed E-state index contributed by atoms with van der Waals surface area (Å²) in [4.78, 5) is 47.0. The first-order valence-corrected chi connectivity index (χ1v) is 28.1. The van der Waals surface area contributed by atoms with Gasteiger partial charge in [0.05, 0.1) is 41.8 Å². The number of carbonyl (C=O) groups excluding carboxylic acids is 2. The van der Waals surface area contributed by atoms with Gasteiger partial charge in [-0.2, -0.15) is 4.31 Å². The van der Waals surface area contributed by atoms with Gasteiger partial charge in [0.1, 0.15) is 11.2 Å². The number of piperazine rings is 1. The summed E-state index contributed by atoms with van der Waals surface area (Å²) in [5.41, 5.74) is 9.91. The third-order valence-electron chi connectivity index (χ3n) is 14.6. The third-order valence-corrected chi connectivity index (χ3v) is 16.6. The van der Waals surface area contributed by atoms with Crippen LogP contribution >= 0.6 is 15.9 Å². The van der Waals surface area contributed by atoms with Gasteiger partial charge < -0.3 is 14.4 Å². The number of anilines is 1. The van der Waals surface area contributed by atoms with Crippen LogP contribution in [-0.2, 0) is 58.3 Å². The van der Waals surface area contributed by atoms with E-state index in [-0.39, 0.29) is 36.4 Å². The van der Waals surface area contributed by atoms with Crippen LogP contribution in [0.1, 0.15) is 124 Å². The molecule has 14 nitrogen and oxygen atoms in total. The molecule has 4 atom stereocenters. The van der Waals surface area contributed by atoms with Gasteiger partial charge in [-0.25, -0.2) is 18.0 Å². The number of hydrogen-bond acceptors (Lipinski definition) is 11. The summed E-state index contributed by atoms with van der Waals surface area (Å²) >= 11 is 3.72. The Kier molecular flexibility index (Phi) is 16.2. The number of hydrogen-bond donors (Lipinski definition) is 0. The van der Waals surface area contributed by atoms with Crippen molar-refractivity contribution < 1.29 is 27.5 Å². The quantitative estimate of drug-likeness (QED) is 0.167. The van der Waals surface area contributed by atoms with E-state index in [4.69, 9.17) is 19.4 Å². The fourth-order valence-electron chi connectivity index (χ4n) is 11.2. The summed E-state index contributed by atoms with van der Waals surface area (Å²) < 4.78 is 38.5. The van der Waals surface area contributed by atoms with E-state index in [9.17, 15) is 18.0 Å². The molecule has 0 saturated carbocycles. The second-order valence-electron chi connectivity index (χ2n) is 22.2. The molecule has 71 heavy (non-hydrogen) atoms. The number of benzene rings is 2. The second-order valence-corrected chi connectivity index (χ2v) is 25.0. The second kappa shape index (κ2) is 21.9. The van der Waals surface area contributed by atoms with Crippen LogP contribution in [-0.4, -0.2) is 137 Å². The Labute approximate surface area is 431 Å². The largest absolute Gasteiger partial charge is 0.444 e. The van der Waals surface area contributed by atoms with Gasteiger partial charge in [0.15, 0.2) is 0 Å². The van der Waals surface area contributed by atoms with Gasteiger partial charge in [0.25, 0.3) is 0 Å². The zero-order chi connectivity index (χ0) is 50.8. The van der Waals surface area contributed by atoms with Crippen molar-refractivity contribution in [2.45, 2.75) is 141 Å². The fraction of sp³-hybridized carbons (Fsp3) is 0.564. The molecule has 2 aliphatic carbocycles. The molecule has 384 valence electrons. The van der Waals surface area contributed by atoms with E-state index in [1.807, 2.05) is 88.0 Å². The highest BCUT2D eigenvalue weighted by molar-refractivity contribution is 9.10. The molecule has 2 aromatic carbocycles. The summed E-state index contributed by atoms with van der Waals surface area (Å²) in [5, 5.41) is 0. The number of likely N-dealkylation sites (N-methyl/N-ethyl adjacent to an activating group) is 2. The first kappa shape index (κ1) is 52.7. The molecule has 1 fully saturated rings. The van der Waals surface area contributed by atoms with Crippen LogP contribution in [0.15, 0.2) is 77.5 Å². The molecule has 2 aromatic heterocycles. The van der Waals surface area contributed by atoms with Crippen molar-refractivity contribution in [2.24, 2.45) is 0 Å². The summed E-state index contributed by atoms with van der Waals surface area (Å²) in [6.07, 6.45) is 12.6. The van der Waals surface area contributed by atoms with Crippen molar-refractivity contribution in [1.29, 1.82) is 0 Å². The number of sulfonamides is 1. The lowest BCUT2D eigenvalue weighted by Crippen LogP contribution is -2.52. The first-order chi connectivity index (χ1) is 33.6. The van der Waals surface area contributed by atoms with E-state index in [0.29, 0.717) is 52.2 Å². The van der Waals surface area contributed by atoms with E-state index in [1.54, 1.807) is 4.31 Å². The van der Waals surface area contributed by atoms with Crippen LogP contribution in [0, 0.1) is 0 Å². The monoisotopic (exact) mass is 1050 g/mol. The third kappa shape index (κ3) is 12.8. The Morgan fingerprint density at radius 3 is 1.59 bits per heavy atom. The SMILES string of the molecule is CN(CC1Cc2c(Br)cccc2CN1C(=O)OC(C)(C)C)[C@H]1CCCc2cccnc21.CN(C[C@H]1Cc2c(cccc2N2CCN(S(C)(=O)=O)CC2)CN1C(=O)OC(C)(C)C)[C@H]1CCCc2cccnc21. The van der Waals surface area contributed by atoms with Crippen LogP contribution in [0.4, 0.5) is 15.3 Å². The summed E-state index contributed by atoms with van der Waals surface area (Å²) in [6.45, 7) is 16.3. The summed E-state index contributed by atoms with van der Waals surface area (Å²) in [6, 6.07) is 21.4. The van der Waals surface area contributed by atoms with Crippen molar-refractivity contribution in [3.8, 4) is 0 Å². The van der Waals surface area contributed by atoms with Gasteiger partial charge in [-0.15, -0.1) is 0 Å². The maximum Gasteiger partial charge on any atom is 0.410 e. The first-order valence-electron chi connectivity index (χ1n) is 25.5. The highest BCUT2D eigenvalue weighted by Gasteiger charge is 2.39. The Hall–Kier alpha value is -4.61. The van der Waals surface area contributed by atoms with Crippen molar-refractivity contribution >= 4 is 43.8 Å². The van der Waals surface area contributed by atoms with Crippen molar-refractivity contribution in [3.05, 3.63) is 122 Å². The molecule has 9 rings (SSSR count). The Morgan fingerprint density at radius 2 is 1.11 bits per heavy atom. The van der Waals surface area contributed by atoms with Crippen LogP contribution in [0.25, 0.3) is 0 Å². The minimum atomic E-state index is -3.20. The predicted octanol–water partition coefficient (Wildman–Crippen LogP) is 9.35. The normalized spacial score (nSPS) is 21.6. The molecule has 16 heteroatoms. The smallest absolute Gasteiger partial charge is 0.410 e. The molecule has 1 unspecified atom stereocenters. The number of rotatable bonds is 8. The zero-order valence-electron chi connectivity index (χ0n) is 43.4. The Balaban J connectivity index is 0.000000197. The van der Waals surface area contributed by atoms with Crippen molar-refractivity contribution in [3.63, 3.8) is 0 Å². The Morgan fingerprint density at radius 1 is 0.662 bits per heavy atom. The van der Waals surface area contributed by atoms with Gasteiger partial charge in [-0.3, -0.25) is 29.6 Å². The van der Waals surface area contributed by atoms with Crippen molar-refractivity contribution in [2.75, 3.05) is 64.5 Å². The molecule has 5 aliphatic rings. The molecule has 2 amide bonds. The van der Waals surface area contributed by atoms with Crippen molar-refractivity contribution in [1.82, 2.24) is 33.9 Å². The molecule has 5 heterocycles. The molecule has 4 aromatic rings. The van der Waals surface area contributed by atoms with E-state index < -0.39 is 21.2 Å². The van der Waals surface area contributed by atoms with Gasteiger partial charge >= 0.3 is 12.2 Å². The lowest BCUT2D eigenvalue weighted by molar-refractivity contribution is 0.00545. The molecule has 1 saturated heterocycles. The summed E-state index contributed by atoms with van der Waals surface area (Å²) in [5.74, 6) is 0. The van der Waals surface area contributed by atoms with E-state index >= 15 is 0 Å². The van der Waals surface area contributed by atoms with Crippen LogP contribution in [0.3, 0.4) is 0 Å². The molecule has 0 spiro atoms. The van der Waals surface area contributed by atoms with Crippen LogP contribution < -0.4 is 4.90 Å². The highest BCUT2D eigenvalue weighted by atomic mass is 79.9. The standard InChI is InChI=1S/C30H43N5O4S.C25H32BrN3O2/c1-30(2,3)39-29(36)35-20-23-10-7-12-26(33-15-17-34(18-16-33)40(5,37)38)25(23)19-24(35)21-32(4)27-13-6-9-22-11-8-14-31-28(22)27;1-25(2,3)31-24(30)29-15-18-9-5-11-21(26)20(18)14-19(29)16-28(4)22-12-6-8-17-10-7-13-27-23(17)22/h7-8,10-12,14,24,27H,6,9,13,15-21H2,1-5H3;5,7,9-11,13,19,22H,6,8,12,14-16H2,1-4H3/t24-,27+;19?,22-/m10/s1. The topological polar surface area (TPSA) is 132 Å². The van der Waals surface area contributed by atoms with Gasteiger partial charge in [-0.05, 0) is 165 Å². The molecule has 0 radical (unpaired) electrons. The molecule has 0 N–H and O–H groups in total. The molecule has 3 aliphatic heterocycles. The van der Waals surface area contributed by atoms with Gasteiger partial charge in [-0.1, -0.05) is 52.3 Å². The lowest BCUT2D eigenvalue weighted by Gasteiger charge is -2.43. The maximum absolute atomic E-state index is 13.5. The minimum Gasteiger partial charge on any atom is -0.444 e. The van der Waals surface area contributed by atoms with E-state index in [1.165, 1.54) is 46.2 Å². The van der Waals surface area contributed by atoms with Gasteiger partial charge in [0.2, 0.25) is 10.0 Å². The molecular weight excluding hydrogens is 981 g/mol. The molecular formula is C55H75BrN8O6S. The fourth-order valence-corrected chi connectivity index (χ4v) is 12.6. The molecule has 0 bridgehead atoms. The number of carbonyl (C=O) groups is 2. The van der Waals surface area contributed by atoms with Crippen LogP contribution in [0.5, 0.6) is 0 Å². The highest BCUT2D eigenvalue weighted by Crippen LogP contribution is 2.38. The number of amides is 2. The van der Waals surface area contributed by atoms with Gasteiger partial charge in [0, 0.05) is 74.9 Å². The zero-order valence-corrected chi connectivity index (χ0v) is 45.8. The lowest BCUT2D eigenvalue weighted by atomic mass is 9.89. The summed E-state index contributed by atoms with van der Waals surface area (Å²) in [7, 11) is 1.11.